The Hall–Kier alpha value is -1.43. The molecular formula is C10H10ClF3N2O. The van der Waals surface area contributed by atoms with Crippen LogP contribution in [0, 0.1) is 6.92 Å². The molecule has 2 N–H and O–H groups in total. The highest BCUT2D eigenvalue weighted by atomic mass is 35.5. The highest BCUT2D eigenvalue weighted by Crippen LogP contribution is 2.33. The zero-order valence-electron chi connectivity index (χ0n) is 8.88. The fourth-order valence-corrected chi connectivity index (χ4v) is 1.17. The molecule has 0 fully saturated rings. The lowest BCUT2D eigenvalue weighted by molar-refractivity contribution is -0.274. The van der Waals surface area contributed by atoms with Gasteiger partial charge in [-0.15, -0.1) is 24.8 Å². The van der Waals surface area contributed by atoms with E-state index in [9.17, 15) is 13.2 Å². The molecule has 0 spiro atoms. The molecule has 0 amide bonds. The number of aryl methyl sites for hydroxylation is 1. The van der Waals surface area contributed by atoms with Crippen LogP contribution in [0.25, 0.3) is 0 Å². The van der Waals surface area contributed by atoms with Gasteiger partial charge in [-0.05, 0) is 24.6 Å². The molecule has 0 heterocycles. The lowest BCUT2D eigenvalue weighted by Gasteiger charge is -2.11. The molecule has 0 saturated carbocycles. The van der Waals surface area contributed by atoms with E-state index >= 15 is 0 Å². The maximum atomic E-state index is 12.1. The minimum atomic E-state index is -4.77. The Morgan fingerprint density at radius 3 is 2.65 bits per heavy atom. The Balaban J connectivity index is 3.13. The number of hydrogen-bond acceptors (Lipinski definition) is 2. The molecule has 1 aromatic carbocycles. The summed E-state index contributed by atoms with van der Waals surface area (Å²) in [6.07, 6.45) is -4.77. The molecule has 0 aliphatic carbocycles. The number of nitrogens with zero attached hydrogens (tertiary/aromatic N) is 1. The third-order valence-corrected chi connectivity index (χ3v) is 2.01. The molecular weight excluding hydrogens is 257 g/mol. The number of rotatable bonds is 3. The van der Waals surface area contributed by atoms with Gasteiger partial charge < -0.3 is 10.5 Å². The van der Waals surface area contributed by atoms with Gasteiger partial charge in [0, 0.05) is 0 Å². The average Bonchev–Trinajstić information content (AvgIpc) is 2.20. The number of amidine groups is 1. The largest absolute Gasteiger partial charge is 0.573 e. The zero-order chi connectivity index (χ0) is 13.1. The monoisotopic (exact) mass is 266 g/mol. The van der Waals surface area contributed by atoms with Gasteiger partial charge in [0.1, 0.15) is 11.5 Å². The number of alkyl halides is 4. The average molecular weight is 267 g/mol. The number of aliphatic imine (C=N–C) groups is 1. The summed E-state index contributed by atoms with van der Waals surface area (Å²) in [6.45, 7) is 1.72. The standard InChI is InChI=1S/C10H10ClF3N2O/c1-6-2-3-8(17-10(12,13)14)7(4-6)16-9(15)5-11/h2-4H,5H2,1H3,(H2,15,16). The van der Waals surface area contributed by atoms with Crippen molar-refractivity contribution in [1.29, 1.82) is 0 Å². The van der Waals surface area contributed by atoms with Gasteiger partial charge >= 0.3 is 6.36 Å². The molecule has 7 heteroatoms. The Bertz CT molecular complexity index is 432. The Morgan fingerprint density at radius 1 is 1.47 bits per heavy atom. The van der Waals surface area contributed by atoms with Crippen LogP contribution in [0.4, 0.5) is 18.9 Å². The zero-order valence-corrected chi connectivity index (χ0v) is 9.64. The normalized spacial score (nSPS) is 12.6. The highest BCUT2D eigenvalue weighted by Gasteiger charge is 2.32. The van der Waals surface area contributed by atoms with Crippen LogP contribution in [0.2, 0.25) is 0 Å². The minimum Gasteiger partial charge on any atom is -0.403 e. The van der Waals surface area contributed by atoms with Gasteiger partial charge in [-0.1, -0.05) is 6.07 Å². The first-order valence-corrected chi connectivity index (χ1v) is 5.10. The van der Waals surface area contributed by atoms with Crippen LogP contribution in [0.5, 0.6) is 5.75 Å². The fraction of sp³-hybridized carbons (Fsp3) is 0.300. The number of nitrogens with two attached hydrogens (primary N) is 1. The van der Waals surface area contributed by atoms with E-state index in [1.165, 1.54) is 18.2 Å². The Labute approximate surface area is 101 Å². The van der Waals surface area contributed by atoms with Gasteiger partial charge in [0.2, 0.25) is 0 Å². The molecule has 3 nitrogen and oxygen atoms in total. The van der Waals surface area contributed by atoms with Crippen molar-refractivity contribution in [3.05, 3.63) is 23.8 Å². The van der Waals surface area contributed by atoms with Crippen molar-refractivity contribution in [1.82, 2.24) is 0 Å². The summed E-state index contributed by atoms with van der Waals surface area (Å²) in [5.41, 5.74) is 6.11. The van der Waals surface area contributed by atoms with E-state index in [2.05, 4.69) is 9.73 Å². The molecule has 0 bridgehead atoms. The van der Waals surface area contributed by atoms with E-state index in [-0.39, 0.29) is 17.4 Å². The smallest absolute Gasteiger partial charge is 0.403 e. The molecule has 0 unspecified atom stereocenters. The summed E-state index contributed by atoms with van der Waals surface area (Å²) in [5.74, 6) is -0.459. The van der Waals surface area contributed by atoms with Crippen molar-refractivity contribution in [2.45, 2.75) is 13.3 Å². The first-order chi connectivity index (χ1) is 7.81. The van der Waals surface area contributed by atoms with Gasteiger partial charge in [-0.25, -0.2) is 4.99 Å². The molecule has 1 aromatic rings. The minimum absolute atomic E-state index is 0.000440. The SMILES string of the molecule is Cc1ccc(OC(F)(F)F)c(N=C(N)CCl)c1. The van der Waals surface area contributed by atoms with E-state index < -0.39 is 12.1 Å². The Kier molecular flexibility index (Phi) is 4.22. The molecule has 0 aliphatic heterocycles. The third-order valence-electron chi connectivity index (χ3n) is 1.74. The number of halogens is 4. The van der Waals surface area contributed by atoms with Crippen molar-refractivity contribution in [2.24, 2.45) is 10.7 Å². The summed E-state index contributed by atoms with van der Waals surface area (Å²) >= 11 is 5.41. The van der Waals surface area contributed by atoms with E-state index in [1.54, 1.807) is 6.92 Å². The summed E-state index contributed by atoms with van der Waals surface area (Å²) in [4.78, 5) is 3.76. The van der Waals surface area contributed by atoms with Crippen LogP contribution < -0.4 is 10.5 Å². The van der Waals surface area contributed by atoms with Crippen LogP contribution in [-0.2, 0) is 0 Å². The topological polar surface area (TPSA) is 47.6 Å². The first-order valence-electron chi connectivity index (χ1n) is 4.57. The summed E-state index contributed by atoms with van der Waals surface area (Å²) in [6, 6.07) is 4.10. The van der Waals surface area contributed by atoms with Crippen molar-refractivity contribution in [3.63, 3.8) is 0 Å². The molecule has 0 atom stereocenters. The van der Waals surface area contributed by atoms with Crippen molar-refractivity contribution in [3.8, 4) is 5.75 Å². The predicted octanol–water partition coefficient (Wildman–Crippen LogP) is 3.12. The molecule has 0 aromatic heterocycles. The molecule has 0 aliphatic rings. The molecule has 94 valence electrons. The summed E-state index contributed by atoms with van der Waals surface area (Å²) < 4.78 is 40.2. The van der Waals surface area contributed by atoms with Crippen LogP contribution in [0.1, 0.15) is 5.56 Å². The van der Waals surface area contributed by atoms with Crippen LogP contribution >= 0.6 is 11.6 Å². The quantitative estimate of drug-likeness (QED) is 0.519. The highest BCUT2D eigenvalue weighted by molar-refractivity contribution is 6.28. The predicted molar refractivity (Wildman–Crippen MR) is 59.9 cm³/mol. The summed E-state index contributed by atoms with van der Waals surface area (Å²) in [5, 5.41) is 0. The summed E-state index contributed by atoms with van der Waals surface area (Å²) in [7, 11) is 0. The number of ether oxygens (including phenoxy) is 1. The number of benzene rings is 1. The van der Waals surface area contributed by atoms with Gasteiger partial charge in [-0.3, -0.25) is 0 Å². The maximum absolute atomic E-state index is 12.1. The van der Waals surface area contributed by atoms with Gasteiger partial charge in [0.05, 0.1) is 5.88 Å². The lowest BCUT2D eigenvalue weighted by Crippen LogP contribution is -2.17. The first kappa shape index (κ1) is 13.6. The van der Waals surface area contributed by atoms with Crippen molar-refractivity contribution < 1.29 is 17.9 Å². The fourth-order valence-electron chi connectivity index (χ4n) is 1.11. The van der Waals surface area contributed by atoms with Crippen LogP contribution in [0.15, 0.2) is 23.2 Å². The van der Waals surface area contributed by atoms with Gasteiger partial charge in [0.15, 0.2) is 5.75 Å². The van der Waals surface area contributed by atoms with E-state index in [1.807, 2.05) is 0 Å². The second-order valence-electron chi connectivity index (χ2n) is 3.26. The van der Waals surface area contributed by atoms with Gasteiger partial charge in [-0.2, -0.15) is 0 Å². The maximum Gasteiger partial charge on any atom is 0.573 e. The molecule has 0 radical (unpaired) electrons. The van der Waals surface area contributed by atoms with Crippen molar-refractivity contribution in [2.75, 3.05) is 5.88 Å². The molecule has 1 rings (SSSR count). The molecule has 0 saturated heterocycles. The van der Waals surface area contributed by atoms with Gasteiger partial charge in [0.25, 0.3) is 0 Å². The van der Waals surface area contributed by atoms with Crippen molar-refractivity contribution >= 4 is 23.1 Å². The third kappa shape index (κ3) is 4.52. The molecule has 17 heavy (non-hydrogen) atoms. The van der Waals surface area contributed by atoms with E-state index in [0.29, 0.717) is 0 Å². The van der Waals surface area contributed by atoms with E-state index in [4.69, 9.17) is 17.3 Å². The number of hydrogen-bond donors (Lipinski definition) is 1. The van der Waals surface area contributed by atoms with Crippen LogP contribution in [-0.4, -0.2) is 18.1 Å². The second-order valence-corrected chi connectivity index (χ2v) is 3.52. The van der Waals surface area contributed by atoms with E-state index in [0.717, 1.165) is 5.56 Å². The second kappa shape index (κ2) is 5.27. The Morgan fingerprint density at radius 2 is 2.12 bits per heavy atom. The lowest BCUT2D eigenvalue weighted by atomic mass is 10.2. The van der Waals surface area contributed by atoms with Crippen LogP contribution in [0.3, 0.4) is 0 Å².